The van der Waals surface area contributed by atoms with Crippen molar-refractivity contribution in [3.8, 4) is 28.7 Å². The molecule has 1 aliphatic heterocycles. The van der Waals surface area contributed by atoms with E-state index in [-0.39, 0.29) is 17.9 Å². The highest BCUT2D eigenvalue weighted by Gasteiger charge is 2.40. The predicted molar refractivity (Wildman–Crippen MR) is 138 cm³/mol. The smallest absolute Gasteiger partial charge is 0.331 e. The number of methoxy groups -OCH3 is 5. The van der Waals surface area contributed by atoms with E-state index in [4.69, 9.17) is 28.4 Å². The van der Waals surface area contributed by atoms with Crippen molar-refractivity contribution in [1.82, 2.24) is 0 Å². The summed E-state index contributed by atoms with van der Waals surface area (Å²) in [5, 5.41) is 9.78. The van der Waals surface area contributed by atoms with Crippen LogP contribution in [0.5, 0.6) is 28.7 Å². The minimum atomic E-state index is -0.813. The van der Waals surface area contributed by atoms with Gasteiger partial charge in [0.2, 0.25) is 5.75 Å². The first kappa shape index (κ1) is 26.7. The van der Waals surface area contributed by atoms with Gasteiger partial charge in [-0.15, -0.1) is 0 Å². The number of carboxylic acids is 1. The molecule has 0 saturated carbocycles. The van der Waals surface area contributed by atoms with E-state index in [9.17, 15) is 9.90 Å². The fraction of sp³-hybridized carbons (Fsp3) is 0.483. The summed E-state index contributed by atoms with van der Waals surface area (Å²) >= 11 is 0. The Morgan fingerprint density at radius 2 is 1.54 bits per heavy atom. The van der Waals surface area contributed by atoms with Gasteiger partial charge in [-0.2, -0.15) is 0 Å². The molecular formula is C29H36O8. The van der Waals surface area contributed by atoms with Crippen molar-refractivity contribution in [3.05, 3.63) is 52.6 Å². The summed E-state index contributed by atoms with van der Waals surface area (Å²) in [7, 11) is 8.01. The molecule has 37 heavy (non-hydrogen) atoms. The van der Waals surface area contributed by atoms with Crippen molar-refractivity contribution in [3.63, 3.8) is 0 Å². The average molecular weight is 513 g/mol. The first-order valence-corrected chi connectivity index (χ1v) is 12.5. The van der Waals surface area contributed by atoms with E-state index in [1.165, 1.54) is 0 Å². The molecule has 0 spiro atoms. The fourth-order valence-electron chi connectivity index (χ4n) is 5.70. The maximum Gasteiger partial charge on any atom is 0.331 e. The molecule has 200 valence electrons. The fourth-order valence-corrected chi connectivity index (χ4v) is 5.70. The lowest BCUT2D eigenvalue weighted by Gasteiger charge is -2.26. The molecule has 1 saturated heterocycles. The summed E-state index contributed by atoms with van der Waals surface area (Å²) in [5.74, 6) is 2.45. The molecule has 8 heteroatoms. The highest BCUT2D eigenvalue weighted by atomic mass is 16.5. The van der Waals surface area contributed by atoms with E-state index in [2.05, 4.69) is 0 Å². The number of ether oxygens (including phenoxy) is 6. The number of aliphatic carboxylic acids is 1. The van der Waals surface area contributed by atoms with Crippen LogP contribution < -0.4 is 23.7 Å². The summed E-state index contributed by atoms with van der Waals surface area (Å²) in [6, 6.07) is 9.82. The number of hydrogen-bond donors (Lipinski definition) is 1. The number of carboxylic acid groups (broad SMARTS) is 1. The number of benzene rings is 2. The molecule has 0 bridgehead atoms. The van der Waals surface area contributed by atoms with Crippen LogP contribution in [0.2, 0.25) is 0 Å². The van der Waals surface area contributed by atoms with Crippen molar-refractivity contribution in [1.29, 1.82) is 0 Å². The second kappa shape index (κ2) is 11.8. The van der Waals surface area contributed by atoms with Gasteiger partial charge in [-0.05, 0) is 79.3 Å². The number of carbonyl (C=O) groups is 1. The number of allylic oxidation sites excluding steroid dienone is 1. The lowest BCUT2D eigenvalue weighted by molar-refractivity contribution is -0.132. The predicted octanol–water partition coefficient (Wildman–Crippen LogP) is 5.23. The van der Waals surface area contributed by atoms with E-state index in [1.807, 2.05) is 30.3 Å². The Hall–Kier alpha value is -3.39. The molecule has 4 rings (SSSR count). The minimum Gasteiger partial charge on any atom is -0.493 e. The normalized spacial score (nSPS) is 21.2. The van der Waals surface area contributed by atoms with Gasteiger partial charge in [0.15, 0.2) is 23.0 Å². The van der Waals surface area contributed by atoms with E-state index < -0.39 is 5.97 Å². The largest absolute Gasteiger partial charge is 0.493 e. The van der Waals surface area contributed by atoms with Crippen LogP contribution >= 0.6 is 0 Å². The summed E-state index contributed by atoms with van der Waals surface area (Å²) < 4.78 is 34.0. The van der Waals surface area contributed by atoms with Gasteiger partial charge in [-0.3, -0.25) is 0 Å². The van der Waals surface area contributed by atoms with Crippen LogP contribution in [-0.2, 0) is 16.0 Å². The zero-order chi connectivity index (χ0) is 26.5. The van der Waals surface area contributed by atoms with Gasteiger partial charge < -0.3 is 33.5 Å². The van der Waals surface area contributed by atoms with Gasteiger partial charge in [-0.25, -0.2) is 4.79 Å². The zero-order valence-electron chi connectivity index (χ0n) is 22.2. The molecule has 0 unspecified atom stereocenters. The first-order valence-electron chi connectivity index (χ1n) is 12.5. The van der Waals surface area contributed by atoms with Gasteiger partial charge in [0, 0.05) is 5.57 Å². The van der Waals surface area contributed by atoms with E-state index in [0.717, 1.165) is 36.0 Å². The van der Waals surface area contributed by atoms with Gasteiger partial charge in [0.05, 0.1) is 48.3 Å². The Balaban J connectivity index is 1.71. The Morgan fingerprint density at radius 3 is 2.14 bits per heavy atom. The topological polar surface area (TPSA) is 92.7 Å². The molecule has 2 aliphatic rings. The molecule has 1 aliphatic carbocycles. The molecule has 1 heterocycles. The highest BCUT2D eigenvalue weighted by molar-refractivity contribution is 5.88. The summed E-state index contributed by atoms with van der Waals surface area (Å²) in [6.07, 6.45) is 3.49. The molecule has 2 aromatic carbocycles. The van der Waals surface area contributed by atoms with Crippen molar-refractivity contribution in [2.45, 2.75) is 38.2 Å². The molecule has 0 amide bonds. The lowest BCUT2D eigenvalue weighted by atomic mass is 9.79. The molecule has 3 atom stereocenters. The van der Waals surface area contributed by atoms with Crippen molar-refractivity contribution in [2.24, 2.45) is 11.8 Å². The van der Waals surface area contributed by atoms with Crippen LogP contribution in [0.15, 0.2) is 41.5 Å². The maximum atomic E-state index is 11.9. The van der Waals surface area contributed by atoms with E-state index >= 15 is 0 Å². The SMILES string of the molecule is COc1ccc(C[C@H]2CO[C@H](c3cc(OC)c(OC)c(OC)c3)[C@@H]2CC2=C(C(=O)O)CCC2)cc1OC. The van der Waals surface area contributed by atoms with Crippen LogP contribution in [0.25, 0.3) is 0 Å². The second-order valence-electron chi connectivity index (χ2n) is 9.47. The van der Waals surface area contributed by atoms with E-state index in [1.54, 1.807) is 35.5 Å². The van der Waals surface area contributed by atoms with Gasteiger partial charge in [0.25, 0.3) is 0 Å². The Bertz CT molecular complexity index is 1130. The lowest BCUT2D eigenvalue weighted by Crippen LogP contribution is -2.19. The van der Waals surface area contributed by atoms with Gasteiger partial charge >= 0.3 is 5.97 Å². The average Bonchev–Trinajstić information content (AvgIpc) is 3.55. The van der Waals surface area contributed by atoms with Crippen molar-refractivity contribution >= 4 is 5.97 Å². The van der Waals surface area contributed by atoms with Crippen LogP contribution in [0, 0.1) is 11.8 Å². The van der Waals surface area contributed by atoms with Crippen molar-refractivity contribution in [2.75, 3.05) is 42.2 Å². The molecule has 8 nitrogen and oxygen atoms in total. The zero-order valence-corrected chi connectivity index (χ0v) is 22.2. The van der Waals surface area contributed by atoms with Gasteiger partial charge in [0.1, 0.15) is 0 Å². The van der Waals surface area contributed by atoms with E-state index in [0.29, 0.717) is 53.8 Å². The standard InChI is InChI=1S/C29H36O8/c1-32-23-10-9-17(12-24(23)33-2)11-20-16-37-27(22(20)13-18-7-6-8-21(18)29(30)31)19-14-25(34-3)28(36-5)26(15-19)35-4/h9-10,12,14-15,20,22,27H,6-8,11,13,16H2,1-5H3,(H,30,31)/t20-,22+,27+/m0/s1. The van der Waals surface area contributed by atoms with Crippen LogP contribution in [0.3, 0.4) is 0 Å². The Kier molecular flexibility index (Phi) is 8.48. The minimum absolute atomic E-state index is 0.0679. The molecule has 0 radical (unpaired) electrons. The Labute approximate surface area is 218 Å². The van der Waals surface area contributed by atoms with Gasteiger partial charge in [-0.1, -0.05) is 11.6 Å². The maximum absolute atomic E-state index is 11.9. The number of hydrogen-bond acceptors (Lipinski definition) is 7. The summed E-state index contributed by atoms with van der Waals surface area (Å²) in [4.78, 5) is 11.9. The number of rotatable bonds is 11. The first-order chi connectivity index (χ1) is 17.9. The van der Waals surface area contributed by atoms with Crippen molar-refractivity contribution < 1.29 is 38.3 Å². The summed E-state index contributed by atoms with van der Waals surface area (Å²) in [6.45, 7) is 0.552. The quantitative estimate of drug-likeness (QED) is 0.438. The molecule has 1 fully saturated rings. The summed E-state index contributed by atoms with van der Waals surface area (Å²) in [5.41, 5.74) is 3.61. The highest BCUT2D eigenvalue weighted by Crippen LogP contribution is 2.49. The third-order valence-electron chi connectivity index (χ3n) is 7.52. The Morgan fingerprint density at radius 1 is 0.865 bits per heavy atom. The monoisotopic (exact) mass is 512 g/mol. The second-order valence-corrected chi connectivity index (χ2v) is 9.47. The van der Waals surface area contributed by atoms with Crippen LogP contribution in [0.4, 0.5) is 0 Å². The third-order valence-corrected chi connectivity index (χ3v) is 7.52. The molecular weight excluding hydrogens is 476 g/mol. The third kappa shape index (κ3) is 5.49. The van der Waals surface area contributed by atoms with Crippen LogP contribution in [-0.4, -0.2) is 53.2 Å². The molecule has 0 aromatic heterocycles. The molecule has 2 aromatic rings. The van der Waals surface area contributed by atoms with Crippen LogP contribution in [0.1, 0.15) is 42.9 Å². The molecule has 1 N–H and O–H groups in total.